The number of halogens is 1. The Hall–Kier alpha value is -0.490. The van der Waals surface area contributed by atoms with Gasteiger partial charge < -0.3 is 15.4 Å². The third-order valence-electron chi connectivity index (χ3n) is 3.35. The molecule has 94 valence electrons. The highest BCUT2D eigenvalue weighted by atomic mass is 127. The van der Waals surface area contributed by atoms with E-state index in [0.29, 0.717) is 6.04 Å². The maximum Gasteiger partial charge on any atom is 0.142 e. The van der Waals surface area contributed by atoms with E-state index in [-0.39, 0.29) is 0 Å². The van der Waals surface area contributed by atoms with Gasteiger partial charge in [0.1, 0.15) is 5.75 Å². The summed E-state index contributed by atoms with van der Waals surface area (Å²) in [5, 5.41) is 0. The lowest BCUT2D eigenvalue weighted by Gasteiger charge is -2.19. The van der Waals surface area contributed by atoms with E-state index in [1.165, 1.54) is 19.4 Å². The molecule has 1 aliphatic rings. The van der Waals surface area contributed by atoms with Gasteiger partial charge in [-0.3, -0.25) is 0 Å². The van der Waals surface area contributed by atoms with Crippen LogP contribution in [-0.4, -0.2) is 31.1 Å². The van der Waals surface area contributed by atoms with E-state index in [0.717, 1.165) is 28.0 Å². The molecule has 1 fully saturated rings. The quantitative estimate of drug-likeness (QED) is 0.673. The summed E-state index contributed by atoms with van der Waals surface area (Å²) in [6.45, 7) is 1.97. The molecule has 0 aromatic heterocycles. The molecule has 1 heterocycles. The lowest BCUT2D eigenvalue weighted by atomic mass is 10.1. The third kappa shape index (κ3) is 3.48. The SMILES string of the molecule is CN1CCCC1CCOc1ccc(I)cc1N. The Kier molecular flexibility index (Phi) is 4.50. The molecule has 0 aliphatic carbocycles. The maximum absolute atomic E-state index is 5.90. The summed E-state index contributed by atoms with van der Waals surface area (Å²) in [5.74, 6) is 0.811. The van der Waals surface area contributed by atoms with Crippen molar-refractivity contribution in [3.63, 3.8) is 0 Å². The van der Waals surface area contributed by atoms with Crippen molar-refractivity contribution >= 4 is 28.3 Å². The first kappa shape index (κ1) is 13.0. The van der Waals surface area contributed by atoms with Crippen LogP contribution in [0.25, 0.3) is 0 Å². The monoisotopic (exact) mass is 346 g/mol. The Morgan fingerprint density at radius 2 is 2.35 bits per heavy atom. The number of nitrogen functional groups attached to an aromatic ring is 1. The van der Waals surface area contributed by atoms with Crippen molar-refractivity contribution in [2.75, 3.05) is 25.9 Å². The number of hydrogen-bond acceptors (Lipinski definition) is 3. The zero-order chi connectivity index (χ0) is 12.3. The first-order valence-electron chi connectivity index (χ1n) is 6.05. The molecular weight excluding hydrogens is 327 g/mol. The number of hydrogen-bond donors (Lipinski definition) is 1. The minimum absolute atomic E-state index is 0.681. The molecule has 17 heavy (non-hydrogen) atoms. The van der Waals surface area contributed by atoms with Gasteiger partial charge in [0.15, 0.2) is 0 Å². The van der Waals surface area contributed by atoms with Crippen molar-refractivity contribution < 1.29 is 4.74 Å². The topological polar surface area (TPSA) is 38.5 Å². The van der Waals surface area contributed by atoms with Crippen LogP contribution >= 0.6 is 22.6 Å². The van der Waals surface area contributed by atoms with Gasteiger partial charge in [-0.05, 0) is 73.6 Å². The average molecular weight is 346 g/mol. The summed E-state index contributed by atoms with van der Waals surface area (Å²) in [5.41, 5.74) is 6.64. The molecule has 4 heteroatoms. The van der Waals surface area contributed by atoms with Crippen molar-refractivity contribution in [2.24, 2.45) is 0 Å². The van der Waals surface area contributed by atoms with E-state index >= 15 is 0 Å². The number of anilines is 1. The van der Waals surface area contributed by atoms with Gasteiger partial charge in [-0.25, -0.2) is 0 Å². The average Bonchev–Trinajstić information content (AvgIpc) is 2.68. The van der Waals surface area contributed by atoms with Gasteiger partial charge in [0, 0.05) is 9.61 Å². The second kappa shape index (κ2) is 5.91. The van der Waals surface area contributed by atoms with E-state index in [1.54, 1.807) is 0 Å². The van der Waals surface area contributed by atoms with Crippen LogP contribution in [0, 0.1) is 3.57 Å². The van der Waals surface area contributed by atoms with Gasteiger partial charge in [-0.1, -0.05) is 0 Å². The number of likely N-dealkylation sites (tertiary alicyclic amines) is 1. The first-order valence-corrected chi connectivity index (χ1v) is 7.13. The Morgan fingerprint density at radius 1 is 1.53 bits per heavy atom. The Bertz CT molecular complexity index is 384. The normalized spacial score (nSPS) is 20.7. The fourth-order valence-corrected chi connectivity index (χ4v) is 2.81. The van der Waals surface area contributed by atoms with Crippen LogP contribution < -0.4 is 10.5 Å². The Labute approximate surface area is 116 Å². The van der Waals surface area contributed by atoms with Crippen LogP contribution in [-0.2, 0) is 0 Å². The highest BCUT2D eigenvalue weighted by Gasteiger charge is 2.20. The molecule has 1 aromatic rings. The van der Waals surface area contributed by atoms with Crippen molar-refractivity contribution in [3.05, 3.63) is 21.8 Å². The van der Waals surface area contributed by atoms with Gasteiger partial charge in [0.25, 0.3) is 0 Å². The fraction of sp³-hybridized carbons (Fsp3) is 0.538. The zero-order valence-corrected chi connectivity index (χ0v) is 12.3. The van der Waals surface area contributed by atoms with E-state index in [2.05, 4.69) is 34.5 Å². The molecule has 2 rings (SSSR count). The Morgan fingerprint density at radius 3 is 3.00 bits per heavy atom. The van der Waals surface area contributed by atoms with E-state index in [4.69, 9.17) is 10.5 Å². The van der Waals surface area contributed by atoms with Crippen molar-refractivity contribution in [1.82, 2.24) is 4.90 Å². The minimum atomic E-state index is 0.681. The molecule has 1 aromatic carbocycles. The molecule has 2 N–H and O–H groups in total. The minimum Gasteiger partial charge on any atom is -0.491 e. The zero-order valence-electron chi connectivity index (χ0n) is 10.2. The fourth-order valence-electron chi connectivity index (χ4n) is 2.30. The van der Waals surface area contributed by atoms with Gasteiger partial charge in [-0.15, -0.1) is 0 Å². The predicted molar refractivity (Wildman–Crippen MR) is 79.3 cm³/mol. The highest BCUT2D eigenvalue weighted by molar-refractivity contribution is 14.1. The van der Waals surface area contributed by atoms with Crippen LogP contribution in [0.2, 0.25) is 0 Å². The smallest absolute Gasteiger partial charge is 0.142 e. The van der Waals surface area contributed by atoms with Gasteiger partial charge in [0.2, 0.25) is 0 Å². The highest BCUT2D eigenvalue weighted by Crippen LogP contribution is 2.24. The van der Waals surface area contributed by atoms with Gasteiger partial charge in [-0.2, -0.15) is 0 Å². The molecule has 1 unspecified atom stereocenters. The van der Waals surface area contributed by atoms with Crippen molar-refractivity contribution in [3.8, 4) is 5.75 Å². The van der Waals surface area contributed by atoms with Crippen LogP contribution in [0.3, 0.4) is 0 Å². The summed E-state index contributed by atoms with van der Waals surface area (Å²) >= 11 is 2.25. The largest absolute Gasteiger partial charge is 0.491 e. The number of nitrogens with zero attached hydrogens (tertiary/aromatic N) is 1. The predicted octanol–water partition coefficient (Wildman–Crippen LogP) is 2.74. The van der Waals surface area contributed by atoms with Crippen molar-refractivity contribution in [1.29, 1.82) is 0 Å². The van der Waals surface area contributed by atoms with E-state index in [9.17, 15) is 0 Å². The van der Waals surface area contributed by atoms with E-state index < -0.39 is 0 Å². The second-order valence-corrected chi connectivity index (χ2v) is 5.84. The molecule has 1 atom stereocenters. The van der Waals surface area contributed by atoms with Crippen LogP contribution in [0.5, 0.6) is 5.75 Å². The molecule has 0 bridgehead atoms. The molecule has 1 saturated heterocycles. The van der Waals surface area contributed by atoms with Crippen LogP contribution in [0.4, 0.5) is 5.69 Å². The lowest BCUT2D eigenvalue weighted by Crippen LogP contribution is -2.26. The number of ether oxygens (including phenoxy) is 1. The van der Waals surface area contributed by atoms with Gasteiger partial charge >= 0.3 is 0 Å². The molecule has 0 spiro atoms. The summed E-state index contributed by atoms with van der Waals surface area (Å²) < 4.78 is 6.89. The Balaban J connectivity index is 1.81. The lowest BCUT2D eigenvalue weighted by molar-refractivity contribution is 0.234. The van der Waals surface area contributed by atoms with E-state index in [1.807, 2.05) is 18.2 Å². The standard InChI is InChI=1S/C13H19IN2O/c1-16-7-2-3-11(16)6-8-17-13-5-4-10(14)9-12(13)15/h4-5,9,11H,2-3,6-8,15H2,1H3. The number of rotatable bonds is 4. The van der Waals surface area contributed by atoms with Crippen molar-refractivity contribution in [2.45, 2.75) is 25.3 Å². The van der Waals surface area contributed by atoms with Crippen LogP contribution in [0.15, 0.2) is 18.2 Å². The molecule has 3 nitrogen and oxygen atoms in total. The first-order chi connectivity index (χ1) is 8.16. The second-order valence-electron chi connectivity index (χ2n) is 4.60. The molecule has 0 radical (unpaired) electrons. The maximum atomic E-state index is 5.90. The summed E-state index contributed by atoms with van der Waals surface area (Å²) in [7, 11) is 2.19. The third-order valence-corrected chi connectivity index (χ3v) is 4.02. The molecule has 0 amide bonds. The summed E-state index contributed by atoms with van der Waals surface area (Å²) in [4.78, 5) is 2.42. The summed E-state index contributed by atoms with van der Waals surface area (Å²) in [6.07, 6.45) is 3.69. The van der Waals surface area contributed by atoms with Crippen LogP contribution in [0.1, 0.15) is 19.3 Å². The summed E-state index contributed by atoms with van der Waals surface area (Å²) in [6, 6.07) is 6.60. The molecular formula is C13H19IN2O. The number of nitrogens with two attached hydrogens (primary N) is 1. The van der Waals surface area contributed by atoms with Gasteiger partial charge in [0.05, 0.1) is 12.3 Å². The number of benzene rings is 1. The molecule has 1 aliphatic heterocycles. The molecule has 0 saturated carbocycles.